The van der Waals surface area contributed by atoms with Crippen LogP contribution < -0.4 is 4.13 Å². The van der Waals surface area contributed by atoms with Gasteiger partial charge in [0.05, 0.1) is 11.5 Å². The molecule has 24 heavy (non-hydrogen) atoms. The Morgan fingerprint density at radius 1 is 1.00 bits per heavy atom. The Kier molecular flexibility index (Phi) is 3.86. The molecule has 0 aromatic heterocycles. The molecule has 0 aliphatic carbocycles. The molecule has 11 heteroatoms. The third-order valence-corrected chi connectivity index (χ3v) is 6.71. The van der Waals surface area contributed by atoms with E-state index in [0.717, 1.165) is 10.2 Å². The van der Waals surface area contributed by atoms with Crippen LogP contribution in [0.4, 0.5) is 13.2 Å². The Labute approximate surface area is 135 Å². The van der Waals surface area contributed by atoms with Gasteiger partial charge in [-0.2, -0.15) is 13.2 Å². The lowest BCUT2D eigenvalue weighted by Crippen LogP contribution is -2.40. The van der Waals surface area contributed by atoms with Crippen molar-refractivity contribution < 1.29 is 34.7 Å². The summed E-state index contributed by atoms with van der Waals surface area (Å²) in [6, 6.07) is 8.56. The standard InChI is InChI=1S/C13H10F3NO5S2/c14-13(15,16)24(20,21)17-23(18,19)12-6-5-9(11-7-22-11)8-3-1-2-4-10(8)12/h1-6,11,17H,7H2. The molecule has 1 aliphatic rings. The molecule has 0 bridgehead atoms. The van der Waals surface area contributed by atoms with Crippen molar-refractivity contribution in [3.05, 3.63) is 42.0 Å². The van der Waals surface area contributed by atoms with Crippen molar-refractivity contribution in [3.63, 3.8) is 0 Å². The summed E-state index contributed by atoms with van der Waals surface area (Å²) in [6.45, 7) is 0.455. The molecular formula is C13H10F3NO5S2. The molecule has 2 aromatic carbocycles. The second-order valence-electron chi connectivity index (χ2n) is 5.06. The molecule has 130 valence electrons. The first-order valence-corrected chi connectivity index (χ1v) is 9.48. The van der Waals surface area contributed by atoms with Crippen LogP contribution >= 0.6 is 0 Å². The minimum Gasteiger partial charge on any atom is -0.368 e. The number of epoxide rings is 1. The Balaban J connectivity index is 2.14. The van der Waals surface area contributed by atoms with E-state index in [4.69, 9.17) is 4.74 Å². The lowest BCUT2D eigenvalue weighted by molar-refractivity contribution is -0.0441. The number of ether oxygens (including phenoxy) is 1. The number of nitrogens with one attached hydrogen (secondary N) is 1. The summed E-state index contributed by atoms with van der Waals surface area (Å²) >= 11 is 0. The molecule has 1 aliphatic heterocycles. The van der Waals surface area contributed by atoms with E-state index in [1.54, 1.807) is 12.1 Å². The van der Waals surface area contributed by atoms with Gasteiger partial charge in [-0.15, -0.1) is 0 Å². The summed E-state index contributed by atoms with van der Waals surface area (Å²) in [5, 5.41) is 0.572. The van der Waals surface area contributed by atoms with Crippen molar-refractivity contribution in [2.75, 3.05) is 6.61 Å². The van der Waals surface area contributed by atoms with Crippen molar-refractivity contribution in [1.29, 1.82) is 0 Å². The lowest BCUT2D eigenvalue weighted by Gasteiger charge is -2.13. The van der Waals surface area contributed by atoms with Crippen molar-refractivity contribution in [2.45, 2.75) is 16.5 Å². The predicted octanol–water partition coefficient (Wildman–Crippen LogP) is 2.04. The largest absolute Gasteiger partial charge is 0.512 e. The molecule has 1 saturated heterocycles. The monoisotopic (exact) mass is 381 g/mol. The zero-order chi connectivity index (χ0) is 17.8. The number of rotatable bonds is 4. The Hall–Kier alpha value is -1.69. The number of benzene rings is 2. The maximum absolute atomic E-state index is 12.4. The summed E-state index contributed by atoms with van der Waals surface area (Å²) in [5.41, 5.74) is -5.05. The number of halogens is 3. The van der Waals surface area contributed by atoms with Crippen molar-refractivity contribution in [2.24, 2.45) is 0 Å². The van der Waals surface area contributed by atoms with Gasteiger partial charge >= 0.3 is 15.5 Å². The second kappa shape index (κ2) is 5.41. The minimum absolute atomic E-state index is 0.107. The summed E-state index contributed by atoms with van der Waals surface area (Å²) < 4.78 is 89.8. The molecule has 6 nitrogen and oxygen atoms in total. The van der Waals surface area contributed by atoms with Crippen LogP contribution in [0.1, 0.15) is 11.7 Å². The lowest BCUT2D eigenvalue weighted by atomic mass is 10.0. The fraction of sp³-hybridized carbons (Fsp3) is 0.231. The van der Waals surface area contributed by atoms with Gasteiger partial charge in [-0.1, -0.05) is 34.5 Å². The summed E-state index contributed by atoms with van der Waals surface area (Å²) in [6.07, 6.45) is -0.210. The molecule has 1 atom stereocenters. The highest BCUT2D eigenvalue weighted by atomic mass is 32.3. The number of hydrogen-bond acceptors (Lipinski definition) is 5. The molecule has 1 unspecified atom stereocenters. The van der Waals surface area contributed by atoms with Crippen molar-refractivity contribution in [3.8, 4) is 0 Å². The zero-order valence-corrected chi connectivity index (χ0v) is 13.4. The molecule has 1 heterocycles. The summed E-state index contributed by atoms with van der Waals surface area (Å²) in [5.74, 6) is 0. The van der Waals surface area contributed by atoms with Crippen LogP contribution in [0.3, 0.4) is 0 Å². The van der Waals surface area contributed by atoms with Gasteiger partial charge in [0.2, 0.25) is 0 Å². The van der Waals surface area contributed by atoms with Gasteiger partial charge in [0, 0.05) is 5.39 Å². The van der Waals surface area contributed by atoms with E-state index in [-0.39, 0.29) is 11.5 Å². The molecule has 3 rings (SSSR count). The third-order valence-electron chi connectivity index (χ3n) is 3.41. The van der Waals surface area contributed by atoms with Gasteiger partial charge < -0.3 is 4.74 Å². The van der Waals surface area contributed by atoms with Crippen LogP contribution in [0.2, 0.25) is 0 Å². The van der Waals surface area contributed by atoms with Crippen LogP contribution in [0.5, 0.6) is 0 Å². The Bertz CT molecular complexity index is 1010. The van der Waals surface area contributed by atoms with Crippen LogP contribution in [0.25, 0.3) is 10.8 Å². The highest BCUT2D eigenvalue weighted by Crippen LogP contribution is 2.37. The van der Waals surface area contributed by atoms with Gasteiger partial charge in [-0.3, -0.25) is 0 Å². The first-order valence-electron chi connectivity index (χ1n) is 6.51. The maximum Gasteiger partial charge on any atom is 0.512 e. The molecular weight excluding hydrogens is 371 g/mol. The highest BCUT2D eigenvalue weighted by Gasteiger charge is 2.48. The molecule has 1 fully saturated rings. The molecule has 0 radical (unpaired) electrons. The van der Waals surface area contributed by atoms with Crippen molar-refractivity contribution >= 4 is 30.8 Å². The van der Waals surface area contributed by atoms with Crippen LogP contribution in [0.15, 0.2) is 41.3 Å². The van der Waals surface area contributed by atoms with E-state index in [0.29, 0.717) is 17.6 Å². The Morgan fingerprint density at radius 2 is 1.58 bits per heavy atom. The third kappa shape index (κ3) is 2.99. The van der Waals surface area contributed by atoms with Crippen LogP contribution in [-0.4, -0.2) is 29.0 Å². The number of sulfonamides is 2. The number of alkyl halides is 3. The maximum atomic E-state index is 12.4. The fourth-order valence-corrected chi connectivity index (χ4v) is 4.88. The van der Waals surface area contributed by atoms with E-state index in [1.165, 1.54) is 18.2 Å². The first kappa shape index (κ1) is 17.1. The van der Waals surface area contributed by atoms with E-state index < -0.39 is 30.5 Å². The summed E-state index contributed by atoms with van der Waals surface area (Å²) in [4.78, 5) is -0.560. The summed E-state index contributed by atoms with van der Waals surface area (Å²) in [7, 11) is -11.0. The predicted molar refractivity (Wildman–Crippen MR) is 77.9 cm³/mol. The number of hydrogen-bond donors (Lipinski definition) is 1. The molecule has 1 N–H and O–H groups in total. The molecule has 2 aromatic rings. The minimum atomic E-state index is -6.05. The zero-order valence-electron chi connectivity index (χ0n) is 11.7. The van der Waals surface area contributed by atoms with Crippen molar-refractivity contribution in [1.82, 2.24) is 4.13 Å². The van der Waals surface area contributed by atoms with E-state index in [1.807, 2.05) is 0 Å². The van der Waals surface area contributed by atoms with Crippen LogP contribution in [0, 0.1) is 0 Å². The SMILES string of the molecule is O=S(=O)(NS(=O)(=O)C(F)(F)F)c1ccc(C2CO2)c2ccccc12. The quantitative estimate of drug-likeness (QED) is 0.818. The van der Waals surface area contributed by atoms with E-state index in [2.05, 4.69) is 0 Å². The second-order valence-corrected chi connectivity index (χ2v) is 8.64. The van der Waals surface area contributed by atoms with E-state index >= 15 is 0 Å². The molecule has 0 amide bonds. The van der Waals surface area contributed by atoms with Gasteiger partial charge in [0.1, 0.15) is 6.10 Å². The van der Waals surface area contributed by atoms with Gasteiger partial charge in [0.15, 0.2) is 0 Å². The van der Waals surface area contributed by atoms with Gasteiger partial charge in [-0.05, 0) is 17.0 Å². The van der Waals surface area contributed by atoms with Gasteiger partial charge in [-0.25, -0.2) is 16.8 Å². The fourth-order valence-electron chi connectivity index (χ4n) is 2.27. The first-order chi connectivity index (χ1) is 11.0. The number of fused-ring (bicyclic) bond motifs is 1. The molecule has 0 spiro atoms. The molecule has 0 saturated carbocycles. The normalized spacial score (nSPS) is 18.7. The van der Waals surface area contributed by atoms with Crippen LogP contribution in [-0.2, 0) is 24.8 Å². The van der Waals surface area contributed by atoms with Gasteiger partial charge in [0.25, 0.3) is 10.0 Å². The van der Waals surface area contributed by atoms with E-state index in [9.17, 15) is 30.0 Å². The Morgan fingerprint density at radius 3 is 2.12 bits per heavy atom. The highest BCUT2D eigenvalue weighted by molar-refractivity contribution is 8.05. The smallest absolute Gasteiger partial charge is 0.368 e. The average molecular weight is 381 g/mol. The average Bonchev–Trinajstić information content (AvgIpc) is 3.28. The topological polar surface area (TPSA) is 92.8 Å².